The van der Waals surface area contributed by atoms with Crippen molar-refractivity contribution in [2.75, 3.05) is 26.7 Å². The van der Waals surface area contributed by atoms with Gasteiger partial charge in [-0.05, 0) is 39.4 Å². The average molecular weight is 253 g/mol. The van der Waals surface area contributed by atoms with Crippen LogP contribution in [0, 0.1) is 5.92 Å². The van der Waals surface area contributed by atoms with Crippen LogP contribution in [0.2, 0.25) is 0 Å². The van der Waals surface area contributed by atoms with E-state index in [1.54, 1.807) is 0 Å². The topological polar surface area (TPSA) is 28.2 Å². The molecule has 0 spiro atoms. The Morgan fingerprint density at radius 3 is 3.12 bits per heavy atom. The van der Waals surface area contributed by atoms with Gasteiger partial charge in [0.1, 0.15) is 0 Å². The van der Waals surface area contributed by atoms with E-state index in [0.717, 1.165) is 12.3 Å². The van der Waals surface area contributed by atoms with Crippen LogP contribution in [0.3, 0.4) is 0 Å². The van der Waals surface area contributed by atoms with Crippen molar-refractivity contribution in [3.8, 4) is 0 Å². The largest absolute Gasteiger partial charge is 0.312 e. The average Bonchev–Trinajstić information content (AvgIpc) is 2.97. The van der Waals surface area contributed by atoms with Crippen molar-refractivity contribution in [2.45, 2.75) is 32.7 Å². The lowest BCUT2D eigenvalue weighted by Gasteiger charge is -2.12. The van der Waals surface area contributed by atoms with Crippen molar-refractivity contribution < 1.29 is 0 Å². The van der Waals surface area contributed by atoms with Gasteiger partial charge in [0.2, 0.25) is 0 Å². The van der Waals surface area contributed by atoms with Gasteiger partial charge in [0.15, 0.2) is 0 Å². The zero-order valence-electron chi connectivity index (χ0n) is 11.1. The highest BCUT2D eigenvalue weighted by atomic mass is 32.1. The van der Waals surface area contributed by atoms with Crippen LogP contribution in [0.5, 0.6) is 0 Å². The Morgan fingerprint density at radius 2 is 2.47 bits per heavy atom. The van der Waals surface area contributed by atoms with Gasteiger partial charge >= 0.3 is 0 Å². The number of hydrogen-bond donors (Lipinski definition) is 1. The standard InChI is InChI=1S/C13H23N3S/c1-4-16-6-5-11(8-16)7-13-15-12(9-17-13)10(2)14-3/h9-11,14H,4-8H2,1-3H3. The second-order valence-electron chi connectivity index (χ2n) is 4.93. The van der Waals surface area contributed by atoms with Crippen molar-refractivity contribution in [3.05, 3.63) is 16.1 Å². The number of aromatic nitrogens is 1. The molecule has 1 aromatic heterocycles. The highest BCUT2D eigenvalue weighted by Crippen LogP contribution is 2.24. The van der Waals surface area contributed by atoms with Gasteiger partial charge in [0, 0.05) is 24.4 Å². The Morgan fingerprint density at radius 1 is 1.65 bits per heavy atom. The molecule has 2 atom stereocenters. The highest BCUT2D eigenvalue weighted by molar-refractivity contribution is 7.09. The maximum Gasteiger partial charge on any atom is 0.0932 e. The molecule has 2 rings (SSSR count). The first kappa shape index (κ1) is 13.0. The zero-order valence-corrected chi connectivity index (χ0v) is 11.9. The van der Waals surface area contributed by atoms with E-state index in [9.17, 15) is 0 Å². The molecule has 1 aromatic rings. The normalized spacial score (nSPS) is 23.1. The fraction of sp³-hybridized carbons (Fsp3) is 0.769. The minimum atomic E-state index is 0.371. The number of likely N-dealkylation sites (tertiary alicyclic amines) is 1. The monoisotopic (exact) mass is 253 g/mol. The van der Waals surface area contributed by atoms with Gasteiger partial charge in [-0.3, -0.25) is 0 Å². The molecule has 1 aliphatic heterocycles. The Kier molecular flexibility index (Phi) is 4.54. The molecule has 1 aliphatic rings. The summed E-state index contributed by atoms with van der Waals surface area (Å²) >= 11 is 1.82. The van der Waals surface area contributed by atoms with Crippen LogP contribution >= 0.6 is 11.3 Å². The van der Waals surface area contributed by atoms with Crippen molar-refractivity contribution in [3.63, 3.8) is 0 Å². The van der Waals surface area contributed by atoms with E-state index in [-0.39, 0.29) is 0 Å². The fourth-order valence-corrected chi connectivity index (χ4v) is 3.38. The molecular formula is C13H23N3S. The summed E-state index contributed by atoms with van der Waals surface area (Å²) in [6.45, 7) is 8.13. The highest BCUT2D eigenvalue weighted by Gasteiger charge is 2.22. The number of nitrogens with zero attached hydrogens (tertiary/aromatic N) is 2. The maximum absolute atomic E-state index is 4.73. The molecule has 0 aliphatic carbocycles. The Bertz CT molecular complexity index is 350. The van der Waals surface area contributed by atoms with E-state index >= 15 is 0 Å². The molecule has 0 aromatic carbocycles. The third kappa shape index (κ3) is 3.27. The SMILES string of the molecule is CCN1CCC(Cc2nc(C(C)NC)cs2)C1. The van der Waals surface area contributed by atoms with E-state index in [0.29, 0.717) is 6.04 Å². The Labute approximate surface area is 108 Å². The van der Waals surface area contributed by atoms with Crippen LogP contribution in [0.15, 0.2) is 5.38 Å². The lowest BCUT2D eigenvalue weighted by atomic mass is 10.1. The van der Waals surface area contributed by atoms with Gasteiger partial charge in [-0.1, -0.05) is 6.92 Å². The number of thiazole rings is 1. The van der Waals surface area contributed by atoms with Gasteiger partial charge in [0.25, 0.3) is 0 Å². The molecule has 0 radical (unpaired) electrons. The minimum Gasteiger partial charge on any atom is -0.312 e. The van der Waals surface area contributed by atoms with Gasteiger partial charge in [-0.15, -0.1) is 11.3 Å². The van der Waals surface area contributed by atoms with Crippen LogP contribution in [-0.4, -0.2) is 36.6 Å². The number of hydrogen-bond acceptors (Lipinski definition) is 4. The molecular weight excluding hydrogens is 230 g/mol. The Hall–Kier alpha value is -0.450. The lowest BCUT2D eigenvalue weighted by molar-refractivity contribution is 0.342. The summed E-state index contributed by atoms with van der Waals surface area (Å²) in [5.41, 5.74) is 1.19. The van der Waals surface area contributed by atoms with Crippen LogP contribution in [0.1, 0.15) is 37.0 Å². The van der Waals surface area contributed by atoms with E-state index in [2.05, 4.69) is 29.4 Å². The first-order chi connectivity index (χ1) is 8.22. The third-order valence-corrected chi connectivity index (χ3v) is 4.62. The van der Waals surface area contributed by atoms with E-state index < -0.39 is 0 Å². The van der Waals surface area contributed by atoms with E-state index in [4.69, 9.17) is 4.98 Å². The van der Waals surface area contributed by atoms with Crippen LogP contribution < -0.4 is 5.32 Å². The van der Waals surface area contributed by atoms with E-state index in [1.165, 1.54) is 36.8 Å². The summed E-state index contributed by atoms with van der Waals surface area (Å²) < 4.78 is 0. The van der Waals surface area contributed by atoms with Gasteiger partial charge in [-0.2, -0.15) is 0 Å². The molecule has 96 valence electrons. The number of nitrogens with one attached hydrogen (secondary N) is 1. The molecule has 4 heteroatoms. The quantitative estimate of drug-likeness (QED) is 0.873. The van der Waals surface area contributed by atoms with Gasteiger partial charge in [-0.25, -0.2) is 4.98 Å². The molecule has 1 fully saturated rings. The summed E-state index contributed by atoms with van der Waals surface area (Å²) in [7, 11) is 1.99. The minimum absolute atomic E-state index is 0.371. The molecule has 3 nitrogen and oxygen atoms in total. The van der Waals surface area contributed by atoms with Crippen molar-refractivity contribution in [1.29, 1.82) is 0 Å². The predicted octanol–water partition coefficient (Wildman–Crippen LogP) is 2.31. The number of rotatable bonds is 5. The van der Waals surface area contributed by atoms with Crippen LogP contribution in [0.4, 0.5) is 0 Å². The molecule has 0 amide bonds. The predicted molar refractivity (Wildman–Crippen MR) is 73.5 cm³/mol. The molecule has 17 heavy (non-hydrogen) atoms. The first-order valence-electron chi connectivity index (χ1n) is 6.56. The third-order valence-electron chi connectivity index (χ3n) is 3.73. The Balaban J connectivity index is 1.89. The molecule has 2 heterocycles. The van der Waals surface area contributed by atoms with Gasteiger partial charge < -0.3 is 10.2 Å². The maximum atomic E-state index is 4.73. The second kappa shape index (κ2) is 5.94. The van der Waals surface area contributed by atoms with Crippen LogP contribution in [-0.2, 0) is 6.42 Å². The van der Waals surface area contributed by atoms with Crippen molar-refractivity contribution >= 4 is 11.3 Å². The van der Waals surface area contributed by atoms with Crippen molar-refractivity contribution in [2.24, 2.45) is 5.92 Å². The van der Waals surface area contributed by atoms with Crippen molar-refractivity contribution in [1.82, 2.24) is 15.2 Å². The molecule has 1 N–H and O–H groups in total. The molecule has 1 saturated heterocycles. The first-order valence-corrected chi connectivity index (χ1v) is 7.44. The summed E-state index contributed by atoms with van der Waals surface area (Å²) in [4.78, 5) is 7.27. The molecule has 0 saturated carbocycles. The summed E-state index contributed by atoms with van der Waals surface area (Å²) in [5, 5.41) is 6.75. The summed E-state index contributed by atoms with van der Waals surface area (Å²) in [6, 6.07) is 0.371. The summed E-state index contributed by atoms with van der Waals surface area (Å²) in [5.74, 6) is 0.818. The van der Waals surface area contributed by atoms with Crippen LogP contribution in [0.25, 0.3) is 0 Å². The van der Waals surface area contributed by atoms with E-state index in [1.807, 2.05) is 18.4 Å². The smallest absolute Gasteiger partial charge is 0.0932 e. The zero-order chi connectivity index (χ0) is 12.3. The van der Waals surface area contributed by atoms with Gasteiger partial charge in [0.05, 0.1) is 10.7 Å². The molecule has 0 bridgehead atoms. The lowest BCUT2D eigenvalue weighted by Crippen LogP contribution is -2.20. The molecule has 2 unspecified atom stereocenters. The fourth-order valence-electron chi connectivity index (χ4n) is 2.38. The second-order valence-corrected chi connectivity index (χ2v) is 5.87. The summed E-state index contributed by atoms with van der Waals surface area (Å²) in [6.07, 6.45) is 2.50.